The molecular formula is C15H23ClO. The van der Waals surface area contributed by atoms with E-state index in [0.717, 1.165) is 31.1 Å². The van der Waals surface area contributed by atoms with Crippen LogP contribution < -0.4 is 4.74 Å². The van der Waals surface area contributed by atoms with Crippen LogP contribution in [0.2, 0.25) is 0 Å². The maximum atomic E-state index is 5.87. The van der Waals surface area contributed by atoms with Gasteiger partial charge in [0, 0.05) is 5.88 Å². The van der Waals surface area contributed by atoms with E-state index in [1.165, 1.54) is 5.56 Å². The second-order valence-electron chi connectivity index (χ2n) is 4.91. The van der Waals surface area contributed by atoms with E-state index < -0.39 is 0 Å². The van der Waals surface area contributed by atoms with E-state index in [2.05, 4.69) is 39.0 Å². The largest absolute Gasteiger partial charge is 0.493 e. The Morgan fingerprint density at radius 2 is 1.82 bits per heavy atom. The molecule has 2 heteroatoms. The molecule has 0 saturated heterocycles. The summed E-state index contributed by atoms with van der Waals surface area (Å²) in [6.45, 7) is 7.39. The molecule has 1 nitrogen and oxygen atoms in total. The Morgan fingerprint density at radius 3 is 2.47 bits per heavy atom. The van der Waals surface area contributed by atoms with Gasteiger partial charge < -0.3 is 4.74 Å². The smallest absolute Gasteiger partial charge is 0.122 e. The van der Waals surface area contributed by atoms with Gasteiger partial charge in [-0.2, -0.15) is 0 Å². The first-order valence-electron chi connectivity index (χ1n) is 6.42. The number of alkyl halides is 1. The SMILES string of the molecule is CC(CCCl)CCOc1ccccc1C(C)C. The number of benzene rings is 1. The molecule has 0 aliphatic rings. The zero-order valence-electron chi connectivity index (χ0n) is 11.1. The van der Waals surface area contributed by atoms with Crippen LogP contribution in [0.1, 0.15) is 45.1 Å². The van der Waals surface area contributed by atoms with Crippen molar-refractivity contribution < 1.29 is 4.74 Å². The number of para-hydroxylation sites is 1. The predicted octanol–water partition coefficient (Wildman–Crippen LogP) is 4.84. The molecule has 0 heterocycles. The van der Waals surface area contributed by atoms with Gasteiger partial charge >= 0.3 is 0 Å². The van der Waals surface area contributed by atoms with Gasteiger partial charge in [-0.25, -0.2) is 0 Å². The molecule has 0 aromatic heterocycles. The highest BCUT2D eigenvalue weighted by Gasteiger charge is 2.07. The fraction of sp³-hybridized carbons (Fsp3) is 0.600. The van der Waals surface area contributed by atoms with E-state index in [9.17, 15) is 0 Å². The summed E-state index contributed by atoms with van der Waals surface area (Å²) in [5.74, 6) is 2.91. The average molecular weight is 255 g/mol. The van der Waals surface area contributed by atoms with Crippen molar-refractivity contribution in [2.45, 2.75) is 39.5 Å². The molecule has 0 N–H and O–H groups in total. The lowest BCUT2D eigenvalue weighted by atomic mass is 10.0. The quantitative estimate of drug-likeness (QED) is 0.633. The van der Waals surface area contributed by atoms with E-state index in [1.54, 1.807) is 0 Å². The van der Waals surface area contributed by atoms with Gasteiger partial charge in [0.2, 0.25) is 0 Å². The van der Waals surface area contributed by atoms with E-state index in [-0.39, 0.29) is 0 Å². The molecule has 0 radical (unpaired) electrons. The van der Waals surface area contributed by atoms with Crippen LogP contribution in [0.3, 0.4) is 0 Å². The summed E-state index contributed by atoms with van der Waals surface area (Å²) in [5.41, 5.74) is 1.29. The molecule has 1 aromatic rings. The summed E-state index contributed by atoms with van der Waals surface area (Å²) < 4.78 is 5.87. The van der Waals surface area contributed by atoms with Crippen molar-refractivity contribution >= 4 is 11.6 Å². The Balaban J connectivity index is 2.46. The molecule has 0 spiro atoms. The highest BCUT2D eigenvalue weighted by Crippen LogP contribution is 2.26. The standard InChI is InChI=1S/C15H23ClO/c1-12(2)14-6-4-5-7-15(14)17-11-9-13(3)8-10-16/h4-7,12-13H,8-11H2,1-3H3. The molecule has 1 aromatic carbocycles. The van der Waals surface area contributed by atoms with Crippen molar-refractivity contribution in [1.29, 1.82) is 0 Å². The number of halogens is 1. The maximum absolute atomic E-state index is 5.87. The number of hydrogen-bond acceptors (Lipinski definition) is 1. The third kappa shape index (κ3) is 4.99. The van der Waals surface area contributed by atoms with Crippen LogP contribution in [0, 0.1) is 5.92 Å². The van der Waals surface area contributed by atoms with Crippen LogP contribution >= 0.6 is 11.6 Å². The van der Waals surface area contributed by atoms with Gasteiger partial charge in [0.25, 0.3) is 0 Å². The number of rotatable bonds is 7. The molecule has 17 heavy (non-hydrogen) atoms. The van der Waals surface area contributed by atoms with E-state index in [4.69, 9.17) is 16.3 Å². The van der Waals surface area contributed by atoms with E-state index in [1.807, 2.05) is 6.07 Å². The zero-order valence-corrected chi connectivity index (χ0v) is 11.8. The fourth-order valence-electron chi connectivity index (χ4n) is 1.79. The van der Waals surface area contributed by atoms with Crippen LogP contribution in [0.15, 0.2) is 24.3 Å². The lowest BCUT2D eigenvalue weighted by Crippen LogP contribution is -2.06. The van der Waals surface area contributed by atoms with Crippen molar-refractivity contribution in [2.75, 3.05) is 12.5 Å². The summed E-state index contributed by atoms with van der Waals surface area (Å²) in [5, 5.41) is 0. The second kappa shape index (κ2) is 7.60. The molecule has 0 bridgehead atoms. The minimum absolute atomic E-state index is 0.506. The lowest BCUT2D eigenvalue weighted by molar-refractivity contribution is 0.279. The molecule has 0 aliphatic heterocycles. The van der Waals surface area contributed by atoms with Gasteiger partial charge in [-0.15, -0.1) is 11.6 Å². The third-order valence-electron chi connectivity index (χ3n) is 3.01. The van der Waals surface area contributed by atoms with Gasteiger partial charge in [-0.1, -0.05) is 39.0 Å². The predicted molar refractivity (Wildman–Crippen MR) is 75.1 cm³/mol. The summed E-state index contributed by atoms with van der Waals surface area (Å²) >= 11 is 5.72. The van der Waals surface area contributed by atoms with E-state index in [0.29, 0.717) is 11.8 Å². The first-order valence-corrected chi connectivity index (χ1v) is 6.96. The van der Waals surface area contributed by atoms with E-state index >= 15 is 0 Å². The Kier molecular flexibility index (Phi) is 6.43. The topological polar surface area (TPSA) is 9.23 Å². The molecule has 1 atom stereocenters. The summed E-state index contributed by atoms with van der Waals surface area (Å²) in [6, 6.07) is 8.30. The van der Waals surface area contributed by atoms with Crippen LogP contribution in [-0.2, 0) is 0 Å². The molecule has 0 aliphatic carbocycles. The number of ether oxygens (including phenoxy) is 1. The highest BCUT2D eigenvalue weighted by atomic mass is 35.5. The fourth-order valence-corrected chi connectivity index (χ4v) is 2.16. The minimum Gasteiger partial charge on any atom is -0.493 e. The lowest BCUT2D eigenvalue weighted by Gasteiger charge is -2.15. The third-order valence-corrected chi connectivity index (χ3v) is 3.23. The Morgan fingerprint density at radius 1 is 1.12 bits per heavy atom. The maximum Gasteiger partial charge on any atom is 0.122 e. The van der Waals surface area contributed by atoms with Gasteiger partial charge in [0.15, 0.2) is 0 Å². The summed E-state index contributed by atoms with van der Waals surface area (Å²) in [6.07, 6.45) is 2.13. The first-order chi connectivity index (χ1) is 8.15. The highest BCUT2D eigenvalue weighted by molar-refractivity contribution is 6.17. The van der Waals surface area contributed by atoms with Crippen LogP contribution in [0.4, 0.5) is 0 Å². The van der Waals surface area contributed by atoms with Crippen molar-refractivity contribution in [3.8, 4) is 5.75 Å². The monoisotopic (exact) mass is 254 g/mol. The second-order valence-corrected chi connectivity index (χ2v) is 5.29. The van der Waals surface area contributed by atoms with Crippen molar-refractivity contribution in [2.24, 2.45) is 5.92 Å². The molecule has 96 valence electrons. The van der Waals surface area contributed by atoms with Crippen LogP contribution in [0.5, 0.6) is 5.75 Å². The van der Waals surface area contributed by atoms with Crippen LogP contribution in [-0.4, -0.2) is 12.5 Å². The Labute approximate surface area is 110 Å². The molecule has 1 rings (SSSR count). The molecular weight excluding hydrogens is 232 g/mol. The number of hydrogen-bond donors (Lipinski definition) is 0. The molecule has 0 fully saturated rings. The van der Waals surface area contributed by atoms with Crippen molar-refractivity contribution in [3.05, 3.63) is 29.8 Å². The van der Waals surface area contributed by atoms with Crippen molar-refractivity contribution in [3.63, 3.8) is 0 Å². The van der Waals surface area contributed by atoms with Gasteiger partial charge in [-0.3, -0.25) is 0 Å². The minimum atomic E-state index is 0.506. The molecule has 1 unspecified atom stereocenters. The summed E-state index contributed by atoms with van der Waals surface area (Å²) in [7, 11) is 0. The van der Waals surface area contributed by atoms with Gasteiger partial charge in [-0.05, 0) is 36.3 Å². The molecule has 0 amide bonds. The first kappa shape index (κ1) is 14.4. The zero-order chi connectivity index (χ0) is 12.7. The van der Waals surface area contributed by atoms with Gasteiger partial charge in [0.1, 0.15) is 5.75 Å². The Bertz CT molecular complexity index is 322. The van der Waals surface area contributed by atoms with Crippen LogP contribution in [0.25, 0.3) is 0 Å². The average Bonchev–Trinajstić information content (AvgIpc) is 2.30. The van der Waals surface area contributed by atoms with Gasteiger partial charge in [0.05, 0.1) is 6.61 Å². The normalized spacial score (nSPS) is 12.8. The van der Waals surface area contributed by atoms with Crippen molar-refractivity contribution in [1.82, 2.24) is 0 Å². The summed E-state index contributed by atoms with van der Waals surface area (Å²) in [4.78, 5) is 0. The molecule has 0 saturated carbocycles. The Hall–Kier alpha value is -0.690.